The molecule has 2 aliphatic rings. The van der Waals surface area contributed by atoms with E-state index < -0.39 is 17.7 Å². The first kappa shape index (κ1) is 21.8. The highest BCUT2D eigenvalue weighted by atomic mass is 35.5. The van der Waals surface area contributed by atoms with Gasteiger partial charge in [0.05, 0.1) is 16.1 Å². The molecule has 32 heavy (non-hydrogen) atoms. The minimum atomic E-state index is -0.652. The summed E-state index contributed by atoms with van der Waals surface area (Å²) in [4.78, 5) is 54.3. The number of anilines is 1. The van der Waals surface area contributed by atoms with Crippen LogP contribution in [0.4, 0.5) is 5.69 Å². The average molecular weight is 475 g/mol. The number of thiophene rings is 1. The molecule has 0 radical (unpaired) electrons. The van der Waals surface area contributed by atoms with E-state index in [1.54, 1.807) is 21.9 Å². The summed E-state index contributed by atoms with van der Waals surface area (Å²) in [6.45, 7) is 1.41. The predicted octanol–water partition coefficient (Wildman–Crippen LogP) is 1.91. The van der Waals surface area contributed by atoms with E-state index in [0.717, 1.165) is 4.90 Å². The minimum Gasteiger partial charge on any atom is -0.505 e. The fraction of sp³-hybridized carbons (Fsp3) is 0.238. The van der Waals surface area contributed by atoms with E-state index in [1.165, 1.54) is 30.5 Å². The number of rotatable bonds is 4. The van der Waals surface area contributed by atoms with Gasteiger partial charge in [0.25, 0.3) is 23.6 Å². The van der Waals surface area contributed by atoms with E-state index in [0.29, 0.717) is 31.1 Å². The van der Waals surface area contributed by atoms with Crippen molar-refractivity contribution in [3.63, 3.8) is 0 Å². The summed E-state index contributed by atoms with van der Waals surface area (Å²) in [7, 11) is 1.30. The standard InChI is InChI=1S/C21H19ClN4O5S/c1-24-20(30)15(22)16(21(24)31)23-13-5-2-4-12(17(13)27)18(28)25-7-9-26(10-8-25)19(29)14-6-3-11-32-14/h2-6,11,23,27H,7-10H2,1H3. The molecular formula is C21H19ClN4O5S. The number of nitrogens with one attached hydrogen (secondary N) is 1. The van der Waals surface area contributed by atoms with Gasteiger partial charge in [-0.05, 0) is 23.6 Å². The lowest BCUT2D eigenvalue weighted by Gasteiger charge is -2.34. The number of benzene rings is 1. The van der Waals surface area contributed by atoms with Gasteiger partial charge in [0.2, 0.25) is 0 Å². The van der Waals surface area contributed by atoms with Gasteiger partial charge in [-0.15, -0.1) is 11.3 Å². The molecule has 0 atom stereocenters. The van der Waals surface area contributed by atoms with Crippen LogP contribution >= 0.6 is 22.9 Å². The van der Waals surface area contributed by atoms with Crippen molar-refractivity contribution in [3.05, 3.63) is 56.9 Å². The summed E-state index contributed by atoms with van der Waals surface area (Å²) in [5.41, 5.74) is -0.0541. The molecule has 1 aromatic heterocycles. The van der Waals surface area contributed by atoms with Crippen molar-refractivity contribution in [1.82, 2.24) is 14.7 Å². The van der Waals surface area contributed by atoms with Crippen molar-refractivity contribution in [2.24, 2.45) is 0 Å². The SMILES string of the molecule is CN1C(=O)C(Cl)=C(Nc2cccc(C(=O)N3CCN(C(=O)c4cccs4)CC3)c2O)C1=O. The Kier molecular flexibility index (Phi) is 5.90. The van der Waals surface area contributed by atoms with Crippen LogP contribution in [0.3, 0.4) is 0 Å². The lowest BCUT2D eigenvalue weighted by Crippen LogP contribution is -2.50. The lowest BCUT2D eigenvalue weighted by molar-refractivity contribution is -0.135. The Morgan fingerprint density at radius 2 is 1.66 bits per heavy atom. The second-order valence-corrected chi connectivity index (χ2v) is 8.57. The number of phenolic OH excluding ortho intramolecular Hbond substituents is 1. The van der Waals surface area contributed by atoms with Crippen LogP contribution in [0.2, 0.25) is 0 Å². The largest absolute Gasteiger partial charge is 0.505 e. The normalized spacial score (nSPS) is 16.8. The Morgan fingerprint density at radius 3 is 2.22 bits per heavy atom. The Labute approximate surface area is 192 Å². The number of piperazine rings is 1. The molecule has 2 aliphatic heterocycles. The Morgan fingerprint density at radius 1 is 1.00 bits per heavy atom. The molecule has 2 aromatic rings. The van der Waals surface area contributed by atoms with Gasteiger partial charge in [-0.25, -0.2) is 0 Å². The quantitative estimate of drug-likeness (QED) is 0.517. The van der Waals surface area contributed by atoms with Gasteiger partial charge in [-0.1, -0.05) is 23.7 Å². The first-order valence-electron chi connectivity index (χ1n) is 9.72. The van der Waals surface area contributed by atoms with Crippen molar-refractivity contribution < 1.29 is 24.3 Å². The highest BCUT2D eigenvalue weighted by molar-refractivity contribution is 7.12. The lowest BCUT2D eigenvalue weighted by atomic mass is 10.1. The summed E-state index contributed by atoms with van der Waals surface area (Å²) in [5.74, 6) is -2.11. The molecule has 11 heteroatoms. The molecule has 3 heterocycles. The minimum absolute atomic E-state index is 0.0369. The Hall–Kier alpha value is -3.37. The number of halogens is 1. The first-order valence-corrected chi connectivity index (χ1v) is 11.0. The molecule has 0 unspecified atom stereocenters. The number of phenols is 1. The van der Waals surface area contributed by atoms with Crippen LogP contribution in [0, 0.1) is 0 Å². The van der Waals surface area contributed by atoms with Gasteiger partial charge in [0.15, 0.2) is 5.75 Å². The van der Waals surface area contributed by atoms with Gasteiger partial charge in [-0.3, -0.25) is 24.1 Å². The first-order chi connectivity index (χ1) is 15.3. The third kappa shape index (κ3) is 3.82. The van der Waals surface area contributed by atoms with Crippen molar-refractivity contribution in [2.75, 3.05) is 38.5 Å². The number of imide groups is 1. The molecule has 1 aromatic carbocycles. The zero-order valence-electron chi connectivity index (χ0n) is 17.0. The molecule has 0 spiro atoms. The third-order valence-electron chi connectivity index (χ3n) is 5.34. The highest BCUT2D eigenvalue weighted by Crippen LogP contribution is 2.32. The van der Waals surface area contributed by atoms with Crippen molar-refractivity contribution >= 4 is 52.3 Å². The summed E-state index contributed by atoms with van der Waals surface area (Å²) in [6.07, 6.45) is 0. The second-order valence-electron chi connectivity index (χ2n) is 7.25. The summed E-state index contributed by atoms with van der Waals surface area (Å²) in [6, 6.07) is 8.07. The zero-order chi connectivity index (χ0) is 23.0. The molecule has 0 saturated carbocycles. The molecule has 2 N–H and O–H groups in total. The van der Waals surface area contributed by atoms with Crippen molar-refractivity contribution in [2.45, 2.75) is 0 Å². The number of aromatic hydroxyl groups is 1. The fourth-order valence-corrected chi connectivity index (χ4v) is 4.45. The number of carbonyl (C=O) groups is 4. The van der Waals surface area contributed by atoms with Gasteiger partial charge in [-0.2, -0.15) is 0 Å². The molecular weight excluding hydrogens is 456 g/mol. The van der Waals surface area contributed by atoms with Crippen molar-refractivity contribution in [1.29, 1.82) is 0 Å². The van der Waals surface area contributed by atoms with E-state index in [1.807, 2.05) is 11.4 Å². The smallest absolute Gasteiger partial charge is 0.278 e. The van der Waals surface area contributed by atoms with E-state index in [9.17, 15) is 24.3 Å². The van der Waals surface area contributed by atoms with Gasteiger partial charge >= 0.3 is 0 Å². The van der Waals surface area contributed by atoms with Crippen LogP contribution in [0.1, 0.15) is 20.0 Å². The van der Waals surface area contributed by atoms with Crippen LogP contribution in [0.5, 0.6) is 5.75 Å². The molecule has 1 saturated heterocycles. The molecule has 1 fully saturated rings. The van der Waals surface area contributed by atoms with Crippen LogP contribution < -0.4 is 5.32 Å². The number of para-hydroxylation sites is 1. The van der Waals surface area contributed by atoms with Gasteiger partial charge in [0, 0.05) is 33.2 Å². The van der Waals surface area contributed by atoms with Gasteiger partial charge in [0.1, 0.15) is 10.7 Å². The maximum Gasteiger partial charge on any atom is 0.278 e. The maximum atomic E-state index is 13.0. The van der Waals surface area contributed by atoms with Crippen molar-refractivity contribution in [3.8, 4) is 5.75 Å². The topological polar surface area (TPSA) is 110 Å². The summed E-state index contributed by atoms with van der Waals surface area (Å²) < 4.78 is 0. The summed E-state index contributed by atoms with van der Waals surface area (Å²) in [5, 5.41) is 14.9. The number of likely N-dealkylation sites (N-methyl/N-ethyl adjacent to an activating group) is 1. The average Bonchev–Trinajstić information content (AvgIpc) is 3.41. The number of hydrogen-bond donors (Lipinski definition) is 2. The summed E-state index contributed by atoms with van der Waals surface area (Å²) >= 11 is 7.31. The third-order valence-corrected chi connectivity index (χ3v) is 6.55. The van der Waals surface area contributed by atoms with Crippen LogP contribution in [-0.4, -0.2) is 76.7 Å². The van der Waals surface area contributed by atoms with E-state index >= 15 is 0 Å². The highest BCUT2D eigenvalue weighted by Gasteiger charge is 2.36. The number of hydrogen-bond acceptors (Lipinski definition) is 7. The fourth-order valence-electron chi connectivity index (χ4n) is 3.51. The number of carbonyl (C=O) groups excluding carboxylic acids is 4. The molecule has 4 rings (SSSR count). The van der Waals surface area contributed by atoms with Crippen LogP contribution in [0.25, 0.3) is 0 Å². The van der Waals surface area contributed by atoms with Gasteiger partial charge < -0.3 is 20.2 Å². The Bertz CT molecular complexity index is 1140. The molecule has 0 bridgehead atoms. The van der Waals surface area contributed by atoms with Crippen LogP contribution in [-0.2, 0) is 9.59 Å². The van der Waals surface area contributed by atoms with E-state index in [2.05, 4.69) is 5.32 Å². The molecule has 0 aliphatic carbocycles. The Balaban J connectivity index is 1.47. The number of amides is 4. The molecule has 166 valence electrons. The van der Waals surface area contributed by atoms with Crippen LogP contribution in [0.15, 0.2) is 46.4 Å². The predicted molar refractivity (Wildman–Crippen MR) is 119 cm³/mol. The maximum absolute atomic E-state index is 13.0. The van der Waals surface area contributed by atoms with E-state index in [4.69, 9.17) is 11.6 Å². The van der Waals surface area contributed by atoms with E-state index in [-0.39, 0.29) is 33.6 Å². The monoisotopic (exact) mass is 474 g/mol. The number of nitrogens with zero attached hydrogens (tertiary/aromatic N) is 3. The zero-order valence-corrected chi connectivity index (χ0v) is 18.6. The molecule has 4 amide bonds. The second kappa shape index (κ2) is 8.64. The molecule has 9 nitrogen and oxygen atoms in total.